The molecule has 2 fully saturated rings. The molecule has 0 aromatic heterocycles. The highest BCUT2D eigenvalue weighted by Gasteiger charge is 2.39. The lowest BCUT2D eigenvalue weighted by atomic mass is 9.78. The molecule has 120 valence electrons. The van der Waals surface area contributed by atoms with Gasteiger partial charge in [0.2, 0.25) is 0 Å². The van der Waals surface area contributed by atoms with Crippen LogP contribution < -0.4 is 5.32 Å². The Balaban J connectivity index is 1.98. The van der Waals surface area contributed by atoms with Crippen LogP contribution in [0.15, 0.2) is 0 Å². The van der Waals surface area contributed by atoms with Gasteiger partial charge in [0.1, 0.15) is 5.54 Å². The van der Waals surface area contributed by atoms with E-state index < -0.39 is 0 Å². The summed E-state index contributed by atoms with van der Waals surface area (Å²) in [7, 11) is 4.38. The minimum Gasteiger partial charge on any atom is -0.305 e. The summed E-state index contributed by atoms with van der Waals surface area (Å²) >= 11 is 0. The molecule has 4 nitrogen and oxygen atoms in total. The third-order valence-corrected chi connectivity index (χ3v) is 5.33. The Bertz CT molecular complexity index is 362. The molecule has 0 amide bonds. The Kier molecular flexibility index (Phi) is 6.04. The van der Waals surface area contributed by atoms with Crippen LogP contribution in [0.3, 0.4) is 0 Å². The summed E-state index contributed by atoms with van der Waals surface area (Å²) in [5.41, 5.74) is -0.274. The summed E-state index contributed by atoms with van der Waals surface area (Å²) in [6.07, 6.45) is 8.17. The standard InChI is InChI=1S/C17H32N4/c1-4-10-19-17(14-18)9-5-7-15(12-17)21-11-6-8-16(13-21)20(2)3/h15-16,19H,4-13H2,1-3H3. The predicted molar refractivity (Wildman–Crippen MR) is 87.2 cm³/mol. The van der Waals surface area contributed by atoms with E-state index >= 15 is 0 Å². The van der Waals surface area contributed by atoms with E-state index in [4.69, 9.17) is 0 Å². The van der Waals surface area contributed by atoms with Gasteiger partial charge in [-0.15, -0.1) is 0 Å². The fraction of sp³-hybridized carbons (Fsp3) is 0.941. The first-order chi connectivity index (χ1) is 10.1. The number of hydrogen-bond donors (Lipinski definition) is 1. The van der Waals surface area contributed by atoms with E-state index in [2.05, 4.69) is 42.2 Å². The zero-order chi connectivity index (χ0) is 15.3. The molecule has 0 bridgehead atoms. The van der Waals surface area contributed by atoms with Gasteiger partial charge in [0, 0.05) is 18.6 Å². The predicted octanol–water partition coefficient (Wildman–Crippen LogP) is 2.22. The molecular weight excluding hydrogens is 260 g/mol. The molecule has 0 aromatic rings. The van der Waals surface area contributed by atoms with E-state index in [1.165, 1.54) is 38.8 Å². The van der Waals surface area contributed by atoms with Gasteiger partial charge in [0.25, 0.3) is 0 Å². The molecular formula is C17H32N4. The summed E-state index contributed by atoms with van der Waals surface area (Å²) in [5.74, 6) is 0. The average molecular weight is 292 g/mol. The van der Waals surface area contributed by atoms with E-state index in [1.807, 2.05) is 0 Å². The van der Waals surface area contributed by atoms with Crippen LogP contribution in [-0.2, 0) is 0 Å². The summed E-state index contributed by atoms with van der Waals surface area (Å²) in [4.78, 5) is 5.02. The molecule has 4 heteroatoms. The Labute approximate surface area is 130 Å². The first-order valence-corrected chi connectivity index (χ1v) is 8.67. The summed E-state index contributed by atoms with van der Waals surface area (Å²) < 4.78 is 0. The van der Waals surface area contributed by atoms with Crippen molar-refractivity contribution in [3.8, 4) is 6.07 Å². The number of nitriles is 1. The van der Waals surface area contributed by atoms with Crippen molar-refractivity contribution >= 4 is 0 Å². The van der Waals surface area contributed by atoms with Gasteiger partial charge in [-0.25, -0.2) is 0 Å². The maximum absolute atomic E-state index is 9.69. The van der Waals surface area contributed by atoms with Crippen LogP contribution >= 0.6 is 0 Å². The Morgan fingerprint density at radius 2 is 2.14 bits per heavy atom. The number of rotatable bonds is 5. The molecule has 1 N–H and O–H groups in total. The van der Waals surface area contributed by atoms with Gasteiger partial charge >= 0.3 is 0 Å². The Hall–Kier alpha value is -0.630. The quantitative estimate of drug-likeness (QED) is 0.844. The van der Waals surface area contributed by atoms with Gasteiger partial charge in [0.05, 0.1) is 6.07 Å². The molecule has 1 saturated carbocycles. The van der Waals surface area contributed by atoms with Crippen LogP contribution in [0.2, 0.25) is 0 Å². The fourth-order valence-corrected chi connectivity index (χ4v) is 3.96. The molecule has 3 unspecified atom stereocenters. The van der Waals surface area contributed by atoms with Gasteiger partial charge in [-0.1, -0.05) is 6.92 Å². The fourth-order valence-electron chi connectivity index (χ4n) is 3.96. The molecule has 0 aromatic carbocycles. The molecule has 1 heterocycles. The van der Waals surface area contributed by atoms with Crippen LogP contribution in [0, 0.1) is 11.3 Å². The molecule has 1 saturated heterocycles. The monoisotopic (exact) mass is 292 g/mol. The number of piperidine rings is 1. The molecule has 0 spiro atoms. The number of likely N-dealkylation sites (N-methyl/N-ethyl adjacent to an activating group) is 1. The first-order valence-electron chi connectivity index (χ1n) is 8.67. The van der Waals surface area contributed by atoms with E-state index in [0.717, 1.165) is 25.8 Å². The minimum atomic E-state index is -0.274. The average Bonchev–Trinajstić information content (AvgIpc) is 2.53. The van der Waals surface area contributed by atoms with Crippen LogP contribution in [0.5, 0.6) is 0 Å². The van der Waals surface area contributed by atoms with Crippen molar-refractivity contribution in [2.24, 2.45) is 0 Å². The third kappa shape index (κ3) is 4.18. The third-order valence-electron chi connectivity index (χ3n) is 5.33. The smallest absolute Gasteiger partial charge is 0.108 e. The topological polar surface area (TPSA) is 42.3 Å². The number of nitrogens with zero attached hydrogens (tertiary/aromatic N) is 3. The molecule has 1 aliphatic heterocycles. The highest BCUT2D eigenvalue weighted by Crippen LogP contribution is 2.32. The molecule has 0 radical (unpaired) electrons. The maximum atomic E-state index is 9.69. The van der Waals surface area contributed by atoms with Crippen molar-refractivity contribution in [2.45, 2.75) is 69.5 Å². The van der Waals surface area contributed by atoms with Crippen molar-refractivity contribution in [1.82, 2.24) is 15.1 Å². The Morgan fingerprint density at radius 3 is 2.81 bits per heavy atom. The highest BCUT2D eigenvalue weighted by molar-refractivity contribution is 5.11. The zero-order valence-electron chi connectivity index (χ0n) is 14.1. The molecule has 21 heavy (non-hydrogen) atoms. The van der Waals surface area contributed by atoms with Crippen molar-refractivity contribution in [3.05, 3.63) is 0 Å². The lowest BCUT2D eigenvalue weighted by molar-refractivity contribution is 0.0621. The van der Waals surface area contributed by atoms with E-state index in [1.54, 1.807) is 0 Å². The van der Waals surface area contributed by atoms with Crippen molar-refractivity contribution in [3.63, 3.8) is 0 Å². The first kappa shape index (κ1) is 16.7. The number of hydrogen-bond acceptors (Lipinski definition) is 4. The van der Waals surface area contributed by atoms with Gasteiger partial charge in [0.15, 0.2) is 0 Å². The lowest BCUT2D eigenvalue weighted by Crippen LogP contribution is -2.56. The van der Waals surface area contributed by atoms with E-state index in [0.29, 0.717) is 12.1 Å². The van der Waals surface area contributed by atoms with Gasteiger partial charge in [-0.3, -0.25) is 10.2 Å². The van der Waals surface area contributed by atoms with E-state index in [-0.39, 0.29) is 5.54 Å². The molecule has 3 atom stereocenters. The summed E-state index contributed by atoms with van der Waals surface area (Å²) in [6.45, 7) is 5.52. The highest BCUT2D eigenvalue weighted by atomic mass is 15.2. The van der Waals surface area contributed by atoms with Crippen molar-refractivity contribution in [1.29, 1.82) is 5.26 Å². The van der Waals surface area contributed by atoms with Crippen molar-refractivity contribution < 1.29 is 0 Å². The molecule has 2 aliphatic rings. The number of likely N-dealkylation sites (tertiary alicyclic amines) is 1. The second-order valence-electron chi connectivity index (χ2n) is 7.13. The van der Waals surface area contributed by atoms with Crippen LogP contribution in [0.25, 0.3) is 0 Å². The normalized spacial score (nSPS) is 34.8. The Morgan fingerprint density at radius 1 is 1.33 bits per heavy atom. The van der Waals surface area contributed by atoms with Crippen LogP contribution in [0.1, 0.15) is 51.9 Å². The SMILES string of the molecule is CCCNC1(C#N)CCCC(N2CCCC(N(C)C)C2)C1. The lowest BCUT2D eigenvalue weighted by Gasteiger charge is -2.45. The van der Waals surface area contributed by atoms with Gasteiger partial charge in [-0.05, 0) is 72.1 Å². The number of nitrogens with one attached hydrogen (secondary N) is 1. The maximum Gasteiger partial charge on any atom is 0.108 e. The molecule has 2 rings (SSSR count). The van der Waals surface area contributed by atoms with Crippen LogP contribution in [0.4, 0.5) is 0 Å². The van der Waals surface area contributed by atoms with Gasteiger partial charge in [-0.2, -0.15) is 5.26 Å². The minimum absolute atomic E-state index is 0.274. The zero-order valence-corrected chi connectivity index (χ0v) is 14.1. The van der Waals surface area contributed by atoms with E-state index in [9.17, 15) is 5.26 Å². The summed E-state index contributed by atoms with van der Waals surface area (Å²) in [5, 5.41) is 13.2. The second-order valence-corrected chi connectivity index (χ2v) is 7.13. The summed E-state index contributed by atoms with van der Waals surface area (Å²) in [6, 6.07) is 3.88. The van der Waals surface area contributed by atoms with Crippen molar-refractivity contribution in [2.75, 3.05) is 33.7 Å². The molecule has 1 aliphatic carbocycles. The second kappa shape index (κ2) is 7.58. The van der Waals surface area contributed by atoms with Gasteiger partial charge < -0.3 is 4.90 Å². The largest absolute Gasteiger partial charge is 0.305 e. The van der Waals surface area contributed by atoms with Crippen LogP contribution in [-0.4, -0.2) is 61.2 Å².